The van der Waals surface area contributed by atoms with E-state index in [2.05, 4.69) is 15.4 Å². The number of hydrazine groups is 1. The van der Waals surface area contributed by atoms with Gasteiger partial charge in [-0.1, -0.05) is 0 Å². The lowest BCUT2D eigenvalue weighted by Crippen LogP contribution is -2.61. The molecule has 8 N–H and O–H groups in total. The van der Waals surface area contributed by atoms with Gasteiger partial charge >= 0.3 is 18.4 Å². The van der Waals surface area contributed by atoms with Crippen LogP contribution in [-0.2, 0) is 57.5 Å². The molecule has 0 aromatic carbocycles. The molecule has 0 aliphatic carbocycles. The molecule has 1 aliphatic rings. The van der Waals surface area contributed by atoms with Crippen LogP contribution in [0.3, 0.4) is 0 Å². The standard InChI is InChI=1S/C28H38N7O14/c1-28(2,49-15-36)27(48)35(21(40)10-13-32-26(47)17(30)4-8-24(44)45)34(22(41)11-14-33-18(37)5-6-19(33)38)20(39)9-12-31-25(46)16(29)3-7-23(42)43/h5-6,16-17H,3-4,7-14,29-30H2,1-2H3,(H,31,46)(H,32,47)(H,42,43)(H,44,45)/t16-,17-/m0/s1. The van der Waals surface area contributed by atoms with Crippen LogP contribution < -0.4 is 22.1 Å². The van der Waals surface area contributed by atoms with E-state index in [1.807, 2.05) is 0 Å². The molecule has 0 unspecified atom stereocenters. The fourth-order valence-corrected chi connectivity index (χ4v) is 3.92. The largest absolute Gasteiger partial charge is 0.481 e. The minimum Gasteiger partial charge on any atom is -0.481 e. The molecule has 0 aromatic heterocycles. The Morgan fingerprint density at radius 1 is 0.776 bits per heavy atom. The number of rotatable bonds is 20. The lowest BCUT2D eigenvalue weighted by molar-refractivity contribution is -0.186. The van der Waals surface area contributed by atoms with Gasteiger partial charge in [0.2, 0.25) is 11.8 Å². The summed E-state index contributed by atoms with van der Waals surface area (Å²) in [7, 11) is 0. The maximum atomic E-state index is 13.6. The maximum absolute atomic E-state index is 13.6. The topological polar surface area (TPSA) is 323 Å². The highest BCUT2D eigenvalue weighted by Crippen LogP contribution is 2.19. The second-order valence-electron chi connectivity index (χ2n) is 10.9. The maximum Gasteiger partial charge on any atom is 0.418 e. The Labute approximate surface area is 278 Å². The molecule has 0 spiro atoms. The van der Waals surface area contributed by atoms with Gasteiger partial charge in [0.05, 0.1) is 12.1 Å². The number of hydrogen-bond donors (Lipinski definition) is 6. The molecular weight excluding hydrogens is 658 g/mol. The Kier molecular flexibility index (Phi) is 16.3. The first-order chi connectivity index (χ1) is 22.8. The van der Waals surface area contributed by atoms with Gasteiger partial charge in [0.15, 0.2) is 5.60 Å². The van der Waals surface area contributed by atoms with Crippen molar-refractivity contribution in [2.24, 2.45) is 11.5 Å². The average molecular weight is 697 g/mol. The summed E-state index contributed by atoms with van der Waals surface area (Å²) in [5.41, 5.74) is 9.04. The van der Waals surface area contributed by atoms with Crippen LogP contribution in [0, 0.1) is 0 Å². The van der Waals surface area contributed by atoms with Gasteiger partial charge in [-0.2, -0.15) is 10.0 Å². The van der Waals surface area contributed by atoms with E-state index >= 15 is 0 Å². The first kappa shape index (κ1) is 41.5. The summed E-state index contributed by atoms with van der Waals surface area (Å²) in [6.45, 7) is 1.37. The Morgan fingerprint density at radius 2 is 1.18 bits per heavy atom. The molecule has 1 rings (SSSR count). The first-order valence-corrected chi connectivity index (χ1v) is 14.7. The molecule has 21 heteroatoms. The van der Waals surface area contributed by atoms with Crippen LogP contribution in [0.2, 0.25) is 0 Å². The second kappa shape index (κ2) is 19.3. The summed E-state index contributed by atoms with van der Waals surface area (Å²) in [4.78, 5) is 136. The number of nitrogens with zero attached hydrogens (tertiary/aromatic N) is 3. The molecule has 2 atom stereocenters. The Morgan fingerprint density at radius 3 is 1.59 bits per heavy atom. The molecule has 1 aliphatic heterocycles. The minimum atomic E-state index is -2.23. The van der Waals surface area contributed by atoms with Crippen LogP contribution in [-0.4, -0.2) is 128 Å². The van der Waals surface area contributed by atoms with E-state index in [0.717, 1.165) is 32.5 Å². The van der Waals surface area contributed by atoms with E-state index in [1.165, 1.54) is 0 Å². The molecule has 8 amide bonds. The normalized spacial score (nSPS) is 13.6. The lowest BCUT2D eigenvalue weighted by atomic mass is 10.1. The fourth-order valence-electron chi connectivity index (χ4n) is 3.92. The highest BCUT2D eigenvalue weighted by atomic mass is 16.5. The van der Waals surface area contributed by atoms with Gasteiger partial charge in [0.25, 0.3) is 35.4 Å². The number of hydrogen-bond acceptors (Lipinski definition) is 14. The molecule has 21 nitrogen and oxygen atoms in total. The Bertz CT molecular complexity index is 1360. The molecule has 0 saturated heterocycles. The summed E-state index contributed by atoms with van der Waals surface area (Å²) in [5, 5.41) is 22.2. The number of nitrogens with two attached hydrogens (primary N) is 2. The van der Waals surface area contributed by atoms with E-state index < -0.39 is 129 Å². The van der Waals surface area contributed by atoms with Crippen molar-refractivity contribution in [3.63, 3.8) is 0 Å². The summed E-state index contributed by atoms with van der Waals surface area (Å²) >= 11 is 0. The minimum absolute atomic E-state index is 0.0464. The number of aliphatic carboxylic acids is 2. The molecule has 0 saturated carbocycles. The van der Waals surface area contributed by atoms with Gasteiger partial charge in [0.1, 0.15) is 0 Å². The van der Waals surface area contributed by atoms with Gasteiger partial charge < -0.3 is 37.1 Å². The summed E-state index contributed by atoms with van der Waals surface area (Å²) < 4.78 is 4.65. The number of ether oxygens (including phenoxy) is 1. The van der Waals surface area contributed by atoms with Crippen molar-refractivity contribution in [2.45, 2.75) is 76.5 Å². The van der Waals surface area contributed by atoms with Crippen LogP contribution in [0.4, 0.5) is 0 Å². The van der Waals surface area contributed by atoms with Crippen molar-refractivity contribution in [2.75, 3.05) is 19.6 Å². The number of imide groups is 3. The Hall–Kier alpha value is -5.57. The summed E-state index contributed by atoms with van der Waals surface area (Å²) in [5.74, 6) is -11.0. The van der Waals surface area contributed by atoms with Gasteiger partial charge in [-0.05, 0) is 26.7 Å². The third kappa shape index (κ3) is 13.2. The summed E-state index contributed by atoms with van der Waals surface area (Å²) in [6, 6.07) is -2.56. The first-order valence-electron chi connectivity index (χ1n) is 14.7. The number of nitrogens with one attached hydrogen (secondary N) is 2. The molecule has 0 bridgehead atoms. The number of carbonyl (C=O) groups is 10. The van der Waals surface area contributed by atoms with Crippen LogP contribution in [0.1, 0.15) is 58.8 Å². The lowest BCUT2D eigenvalue weighted by Gasteiger charge is -2.35. The van der Waals surface area contributed by atoms with Crippen molar-refractivity contribution in [1.29, 1.82) is 0 Å². The Balaban J connectivity index is 3.34. The molecule has 1 radical (unpaired) electrons. The van der Waals surface area contributed by atoms with Crippen LogP contribution >= 0.6 is 0 Å². The SMILES string of the molecule is CC(C)(O[C]=O)C(=O)N(C(=O)CCNC(=O)[C@@H](N)CCC(=O)O)N(C(=O)CCNC(=O)[C@@H](N)CCC(=O)O)C(=O)CCN1C(=O)C=CC1=O. The number of amides is 8. The zero-order valence-electron chi connectivity index (χ0n) is 26.7. The second-order valence-corrected chi connectivity index (χ2v) is 10.9. The van der Waals surface area contributed by atoms with E-state index in [0.29, 0.717) is 4.90 Å². The number of carbonyl (C=O) groups excluding carboxylic acids is 9. The highest BCUT2D eigenvalue weighted by molar-refractivity contribution is 6.13. The van der Waals surface area contributed by atoms with E-state index in [1.54, 1.807) is 0 Å². The zero-order chi connectivity index (χ0) is 37.5. The molecule has 0 aromatic rings. The fraction of sp³-hybridized carbons (Fsp3) is 0.536. The van der Waals surface area contributed by atoms with Crippen molar-refractivity contribution >= 4 is 65.7 Å². The molecule has 0 fully saturated rings. The van der Waals surface area contributed by atoms with Gasteiger partial charge in [-0.3, -0.25) is 52.8 Å². The van der Waals surface area contributed by atoms with Crippen molar-refractivity contribution in [3.05, 3.63) is 12.2 Å². The van der Waals surface area contributed by atoms with Gasteiger partial charge in [0, 0.05) is 63.9 Å². The summed E-state index contributed by atoms with van der Waals surface area (Å²) in [6.07, 6.45) is -1.85. The van der Waals surface area contributed by atoms with Crippen molar-refractivity contribution in [1.82, 2.24) is 25.6 Å². The number of carboxylic acids is 2. The van der Waals surface area contributed by atoms with E-state index in [9.17, 15) is 52.7 Å². The highest BCUT2D eigenvalue weighted by Gasteiger charge is 2.44. The quantitative estimate of drug-likeness (QED) is 0.0525. The number of carboxylic acid groups (broad SMARTS) is 2. The van der Waals surface area contributed by atoms with Crippen LogP contribution in [0.15, 0.2) is 12.2 Å². The van der Waals surface area contributed by atoms with E-state index in [-0.39, 0.29) is 22.9 Å². The van der Waals surface area contributed by atoms with E-state index in [4.69, 9.17) is 21.7 Å². The van der Waals surface area contributed by atoms with Gasteiger partial charge in [-0.15, -0.1) is 0 Å². The predicted molar refractivity (Wildman–Crippen MR) is 160 cm³/mol. The molecular formula is C28H38N7O14. The van der Waals surface area contributed by atoms with Crippen molar-refractivity contribution in [3.8, 4) is 0 Å². The molecule has 49 heavy (non-hydrogen) atoms. The van der Waals surface area contributed by atoms with Crippen LogP contribution in [0.25, 0.3) is 0 Å². The average Bonchev–Trinajstić information content (AvgIpc) is 3.35. The molecule has 269 valence electrons. The third-order valence-electron chi connectivity index (χ3n) is 6.65. The van der Waals surface area contributed by atoms with Crippen LogP contribution in [0.5, 0.6) is 0 Å². The van der Waals surface area contributed by atoms with Crippen molar-refractivity contribution < 1.29 is 67.7 Å². The van der Waals surface area contributed by atoms with Gasteiger partial charge in [-0.25, -0.2) is 4.79 Å². The zero-order valence-corrected chi connectivity index (χ0v) is 26.7. The smallest absolute Gasteiger partial charge is 0.418 e. The third-order valence-corrected chi connectivity index (χ3v) is 6.65. The molecule has 1 heterocycles. The predicted octanol–water partition coefficient (Wildman–Crippen LogP) is -3.81. The monoisotopic (exact) mass is 696 g/mol.